The van der Waals surface area contributed by atoms with Crippen LogP contribution in [0.3, 0.4) is 0 Å². The second-order valence-electron chi connectivity index (χ2n) is 4.32. The van der Waals surface area contributed by atoms with Crippen molar-refractivity contribution in [2.45, 2.75) is 13.5 Å². The molecule has 0 aliphatic heterocycles. The van der Waals surface area contributed by atoms with Crippen LogP contribution < -0.4 is 0 Å². The van der Waals surface area contributed by atoms with Crippen molar-refractivity contribution in [2.24, 2.45) is 0 Å². The Morgan fingerprint density at radius 3 is 2.67 bits per heavy atom. The number of rotatable bonds is 2. The Morgan fingerprint density at radius 1 is 1.17 bits per heavy atom. The molecular weight excluding hydrogens is 224 g/mol. The molecule has 0 aliphatic carbocycles. The van der Waals surface area contributed by atoms with Crippen molar-refractivity contribution < 1.29 is 5.11 Å². The highest BCUT2D eigenvalue weighted by atomic mass is 16.3. The predicted molar refractivity (Wildman–Crippen MR) is 71.3 cm³/mol. The largest absolute Gasteiger partial charge is 0.390 e. The summed E-state index contributed by atoms with van der Waals surface area (Å²) in [6.45, 7) is 2.07. The average Bonchev–Trinajstić information content (AvgIpc) is 2.84. The van der Waals surface area contributed by atoms with Gasteiger partial charge in [0, 0.05) is 11.8 Å². The van der Waals surface area contributed by atoms with Gasteiger partial charge in [-0.25, -0.2) is 4.98 Å². The van der Waals surface area contributed by atoms with Gasteiger partial charge in [0.2, 0.25) is 0 Å². The van der Waals surface area contributed by atoms with Gasteiger partial charge < -0.3 is 9.51 Å². The highest BCUT2D eigenvalue weighted by molar-refractivity contribution is 5.73. The van der Waals surface area contributed by atoms with E-state index in [4.69, 9.17) is 0 Å². The number of benzene rings is 1. The summed E-state index contributed by atoms with van der Waals surface area (Å²) in [5.41, 5.74) is 5.21. The Balaban J connectivity index is 2.24. The molecule has 0 bridgehead atoms. The fourth-order valence-corrected chi connectivity index (χ4v) is 2.28. The third kappa shape index (κ3) is 1.60. The average molecular weight is 238 g/mol. The number of imidazole rings is 1. The minimum Gasteiger partial charge on any atom is -0.390 e. The Hall–Kier alpha value is -2.13. The van der Waals surface area contributed by atoms with E-state index in [0.29, 0.717) is 0 Å². The maximum absolute atomic E-state index is 9.24. The molecule has 0 aliphatic rings. The molecule has 1 N–H and O–H groups in total. The normalized spacial score (nSPS) is 11.0. The van der Waals surface area contributed by atoms with Crippen molar-refractivity contribution in [3.05, 3.63) is 60.0 Å². The van der Waals surface area contributed by atoms with Crippen LogP contribution in [0.4, 0.5) is 0 Å². The Morgan fingerprint density at radius 2 is 1.94 bits per heavy atom. The van der Waals surface area contributed by atoms with Gasteiger partial charge in [0.15, 0.2) is 0 Å². The zero-order chi connectivity index (χ0) is 12.5. The maximum atomic E-state index is 9.24. The van der Waals surface area contributed by atoms with E-state index in [2.05, 4.69) is 30.1 Å². The molecule has 3 nitrogen and oxygen atoms in total. The molecule has 1 aromatic carbocycles. The molecule has 0 unspecified atom stereocenters. The summed E-state index contributed by atoms with van der Waals surface area (Å²) in [5.74, 6) is 0. The molecule has 0 saturated heterocycles. The van der Waals surface area contributed by atoms with Crippen LogP contribution in [-0.2, 0) is 6.61 Å². The SMILES string of the molecule is Cc1c(-c2ccccc2)ccn2c(CO)cnc12. The first kappa shape index (κ1) is 11.0. The fraction of sp³-hybridized carbons (Fsp3) is 0.133. The molecule has 0 atom stereocenters. The van der Waals surface area contributed by atoms with Crippen molar-refractivity contribution in [1.82, 2.24) is 9.38 Å². The summed E-state index contributed by atoms with van der Waals surface area (Å²) in [4.78, 5) is 4.38. The molecule has 2 heterocycles. The number of aryl methyl sites for hydroxylation is 1. The van der Waals surface area contributed by atoms with Gasteiger partial charge in [0.25, 0.3) is 0 Å². The number of nitrogens with zero attached hydrogens (tertiary/aromatic N) is 2. The zero-order valence-electron chi connectivity index (χ0n) is 10.2. The number of aliphatic hydroxyl groups is 1. The van der Waals surface area contributed by atoms with Crippen LogP contribution in [0.25, 0.3) is 16.8 Å². The maximum Gasteiger partial charge on any atom is 0.140 e. The van der Waals surface area contributed by atoms with Gasteiger partial charge in [-0.15, -0.1) is 0 Å². The summed E-state index contributed by atoms with van der Waals surface area (Å²) >= 11 is 0. The topological polar surface area (TPSA) is 37.5 Å². The van der Waals surface area contributed by atoms with E-state index < -0.39 is 0 Å². The van der Waals surface area contributed by atoms with Crippen molar-refractivity contribution in [2.75, 3.05) is 0 Å². The number of hydrogen-bond donors (Lipinski definition) is 1. The molecule has 0 spiro atoms. The van der Waals surface area contributed by atoms with Crippen molar-refractivity contribution in [3.63, 3.8) is 0 Å². The first-order valence-corrected chi connectivity index (χ1v) is 5.93. The van der Waals surface area contributed by atoms with Gasteiger partial charge in [0.05, 0.1) is 18.5 Å². The molecule has 0 fully saturated rings. The molecule has 3 rings (SSSR count). The van der Waals surface area contributed by atoms with Gasteiger partial charge in [-0.2, -0.15) is 0 Å². The molecule has 18 heavy (non-hydrogen) atoms. The monoisotopic (exact) mass is 238 g/mol. The molecule has 0 radical (unpaired) electrons. The first-order chi connectivity index (χ1) is 8.81. The van der Waals surface area contributed by atoms with Crippen LogP contribution in [0.15, 0.2) is 48.8 Å². The number of hydrogen-bond acceptors (Lipinski definition) is 2. The quantitative estimate of drug-likeness (QED) is 0.745. The van der Waals surface area contributed by atoms with E-state index in [9.17, 15) is 5.11 Å². The minimum absolute atomic E-state index is 0.00525. The van der Waals surface area contributed by atoms with Crippen LogP contribution >= 0.6 is 0 Å². The third-order valence-corrected chi connectivity index (χ3v) is 3.25. The van der Waals surface area contributed by atoms with Crippen LogP contribution in [0.5, 0.6) is 0 Å². The van der Waals surface area contributed by atoms with Gasteiger partial charge in [-0.05, 0) is 24.1 Å². The van der Waals surface area contributed by atoms with Gasteiger partial charge in [-0.1, -0.05) is 30.3 Å². The number of pyridine rings is 1. The number of aromatic nitrogens is 2. The summed E-state index contributed by atoms with van der Waals surface area (Å²) in [6, 6.07) is 12.3. The van der Waals surface area contributed by atoms with Crippen LogP contribution in [-0.4, -0.2) is 14.5 Å². The van der Waals surface area contributed by atoms with E-state index in [1.54, 1.807) is 6.20 Å². The molecule has 0 saturated carbocycles. The molecule has 90 valence electrons. The molecule has 0 amide bonds. The van der Waals surface area contributed by atoms with Gasteiger partial charge in [-0.3, -0.25) is 0 Å². The lowest BCUT2D eigenvalue weighted by atomic mass is 10.0. The van der Waals surface area contributed by atoms with Crippen molar-refractivity contribution in [3.8, 4) is 11.1 Å². The Kier molecular flexibility index (Phi) is 2.61. The van der Waals surface area contributed by atoms with E-state index in [-0.39, 0.29) is 6.61 Å². The van der Waals surface area contributed by atoms with E-state index in [1.807, 2.05) is 28.8 Å². The highest BCUT2D eigenvalue weighted by Gasteiger charge is 2.09. The summed E-state index contributed by atoms with van der Waals surface area (Å²) < 4.78 is 1.93. The standard InChI is InChI=1S/C15H14N2O/c1-11-14(12-5-3-2-4-6-12)7-8-17-13(10-18)9-16-15(11)17/h2-9,18H,10H2,1H3. The summed E-state index contributed by atoms with van der Waals surface area (Å²) in [6.07, 6.45) is 3.68. The Bertz CT molecular complexity index is 686. The van der Waals surface area contributed by atoms with Crippen molar-refractivity contribution >= 4 is 5.65 Å². The number of aliphatic hydroxyl groups excluding tert-OH is 1. The van der Waals surface area contributed by atoms with Gasteiger partial charge >= 0.3 is 0 Å². The van der Waals surface area contributed by atoms with Crippen LogP contribution in [0, 0.1) is 6.92 Å². The smallest absolute Gasteiger partial charge is 0.140 e. The van der Waals surface area contributed by atoms with E-state index >= 15 is 0 Å². The lowest BCUT2D eigenvalue weighted by molar-refractivity contribution is 0.276. The Labute approximate surface area is 105 Å². The predicted octanol–water partition coefficient (Wildman–Crippen LogP) is 2.80. The third-order valence-electron chi connectivity index (χ3n) is 3.25. The summed E-state index contributed by atoms with van der Waals surface area (Å²) in [5, 5.41) is 9.24. The van der Waals surface area contributed by atoms with Crippen molar-refractivity contribution in [1.29, 1.82) is 0 Å². The van der Waals surface area contributed by atoms with E-state index in [0.717, 1.165) is 16.9 Å². The second-order valence-corrected chi connectivity index (χ2v) is 4.32. The zero-order valence-corrected chi connectivity index (χ0v) is 10.2. The number of fused-ring (bicyclic) bond motifs is 1. The lowest BCUT2D eigenvalue weighted by Gasteiger charge is -2.08. The first-order valence-electron chi connectivity index (χ1n) is 5.93. The van der Waals surface area contributed by atoms with Gasteiger partial charge in [0.1, 0.15) is 5.65 Å². The lowest BCUT2D eigenvalue weighted by Crippen LogP contribution is -1.95. The molecule has 3 aromatic rings. The molecule has 3 heteroatoms. The van der Waals surface area contributed by atoms with Crippen LogP contribution in [0.1, 0.15) is 11.3 Å². The fourth-order valence-electron chi connectivity index (χ4n) is 2.28. The van der Waals surface area contributed by atoms with E-state index in [1.165, 1.54) is 11.1 Å². The molecule has 2 aromatic heterocycles. The summed E-state index contributed by atoms with van der Waals surface area (Å²) in [7, 11) is 0. The van der Waals surface area contributed by atoms with Crippen LogP contribution in [0.2, 0.25) is 0 Å². The molecular formula is C15H14N2O. The minimum atomic E-state index is 0.00525. The second kappa shape index (κ2) is 4.27. The highest BCUT2D eigenvalue weighted by Crippen LogP contribution is 2.26.